The van der Waals surface area contributed by atoms with Gasteiger partial charge in [-0.3, -0.25) is 0 Å². The Morgan fingerprint density at radius 1 is 0.471 bits per heavy atom. The van der Waals surface area contributed by atoms with Crippen molar-refractivity contribution in [3.05, 3.63) is 108 Å². The van der Waals surface area contributed by atoms with Crippen LogP contribution < -0.4 is 16.0 Å². The fourth-order valence-corrected chi connectivity index (χ4v) is 2.53. The predicted octanol–water partition coefficient (Wildman–Crippen LogP) is 3.95. The first kappa shape index (κ1) is 31.5. The number of carbonyl (C=O) groups excluding carboxylic acids is 3. The van der Waals surface area contributed by atoms with Crippen molar-refractivity contribution in [1.82, 2.24) is 16.0 Å². The second kappa shape index (κ2) is 20.0. The molecule has 0 heterocycles. The van der Waals surface area contributed by atoms with E-state index in [1.807, 2.05) is 91.0 Å². The second-order valence-electron chi connectivity index (χ2n) is 6.38. The van der Waals surface area contributed by atoms with Crippen molar-refractivity contribution in [3.8, 4) is 0 Å². The van der Waals surface area contributed by atoms with E-state index in [2.05, 4.69) is 53.8 Å². The smallest absolute Gasteiger partial charge is 0.719 e. The van der Waals surface area contributed by atoms with E-state index < -0.39 is 15.7 Å². The largest absolute Gasteiger partial charge is 3.00 e. The average Bonchev–Trinajstić information content (AvgIpc) is 2.83. The molecular weight excluding hydrogens is 596 g/mol. The minimum absolute atomic E-state index is 0. The number of amides is 3. The molecule has 0 bridgehead atoms. The van der Waals surface area contributed by atoms with E-state index in [-0.39, 0.29) is 24.4 Å². The van der Waals surface area contributed by atoms with Crippen LogP contribution in [0.3, 0.4) is 0 Å². The summed E-state index contributed by atoms with van der Waals surface area (Å²) < 4.78 is 0. The fraction of sp³-hybridized carbons (Fsp3) is 0.125. The van der Waals surface area contributed by atoms with Crippen LogP contribution in [0.2, 0.25) is 0 Å². The van der Waals surface area contributed by atoms with E-state index in [4.69, 9.17) is 0 Å². The van der Waals surface area contributed by atoms with Gasteiger partial charge in [-0.1, -0.05) is 91.0 Å². The molecule has 0 unspecified atom stereocenters. The molecule has 0 saturated heterocycles. The molecule has 3 aromatic carbocycles. The van der Waals surface area contributed by atoms with Gasteiger partial charge in [0.2, 0.25) is 0 Å². The van der Waals surface area contributed by atoms with Gasteiger partial charge in [0.1, 0.15) is 0 Å². The van der Waals surface area contributed by atoms with Gasteiger partial charge in [0, 0.05) is 19.6 Å². The molecule has 2 radical (unpaired) electrons. The molecule has 0 aliphatic rings. The van der Waals surface area contributed by atoms with Crippen LogP contribution in [0.15, 0.2) is 91.0 Å². The first-order valence-electron chi connectivity index (χ1n) is 9.83. The molecule has 10 heteroatoms. The summed E-state index contributed by atoms with van der Waals surface area (Å²) in [6, 6.07) is 28.9. The third kappa shape index (κ3) is 18.0. The van der Waals surface area contributed by atoms with Gasteiger partial charge < -0.3 is 68.2 Å². The van der Waals surface area contributed by atoms with Crippen LogP contribution in [0.25, 0.3) is 0 Å². The maximum atomic E-state index is 10.3. The van der Waals surface area contributed by atoms with Crippen LogP contribution in [0.1, 0.15) is 16.7 Å². The van der Waals surface area contributed by atoms with Crippen LogP contribution in [-0.2, 0) is 57.5 Å². The first-order valence-corrected chi connectivity index (χ1v) is 11.1. The van der Waals surface area contributed by atoms with Gasteiger partial charge in [-0.15, -0.1) is 0 Å². The fourth-order valence-electron chi connectivity index (χ4n) is 2.31. The molecule has 3 N–H and O–H groups in total. The van der Waals surface area contributed by atoms with Gasteiger partial charge >= 0.3 is 24.4 Å². The minimum Gasteiger partial charge on any atom is -0.719 e. The first-order chi connectivity index (χ1) is 15.9. The summed E-state index contributed by atoms with van der Waals surface area (Å²) in [6.45, 7) is 1.55. The Hall–Kier alpha value is -2.45. The second-order valence-corrected chi connectivity index (χ2v) is 7.49. The summed E-state index contributed by atoms with van der Waals surface area (Å²) >= 11 is 13.0. The van der Waals surface area contributed by atoms with Crippen molar-refractivity contribution < 1.29 is 14.4 Å². The Morgan fingerprint density at radius 3 is 0.853 bits per heavy atom. The van der Waals surface area contributed by atoms with Crippen molar-refractivity contribution in [3.63, 3.8) is 0 Å². The molecule has 0 aliphatic carbocycles. The van der Waals surface area contributed by atoms with E-state index in [1.54, 1.807) is 0 Å². The number of nitrogens with one attached hydrogen (secondary N) is 3. The molecule has 0 spiro atoms. The monoisotopic (exact) mass is 619 g/mol. The van der Waals surface area contributed by atoms with Gasteiger partial charge in [-0.25, -0.2) is 0 Å². The van der Waals surface area contributed by atoms with Crippen molar-refractivity contribution in [1.29, 1.82) is 0 Å². The predicted molar refractivity (Wildman–Crippen MR) is 144 cm³/mol. The third-order valence-electron chi connectivity index (χ3n) is 3.84. The molecule has 3 rings (SSSR count). The maximum absolute atomic E-state index is 10.3. The van der Waals surface area contributed by atoms with Crippen molar-refractivity contribution in [2.24, 2.45) is 0 Å². The van der Waals surface area contributed by atoms with Crippen molar-refractivity contribution in [2.45, 2.75) is 19.6 Å². The number of hydrogen-bond donors (Lipinski definition) is 3. The Kier molecular flexibility index (Phi) is 18.5. The van der Waals surface area contributed by atoms with Gasteiger partial charge in [0.05, 0.1) is 15.7 Å². The standard InChI is InChI=1S/3C8H9NOS.Sb/c3*10-8(11)9-6-7-4-2-1-3-5-7;/h3*1-5H,6H2,(H2,9,10,11);/q;;;+3/p-3. The summed E-state index contributed by atoms with van der Waals surface area (Å²) in [7, 11) is 0. The van der Waals surface area contributed by atoms with Gasteiger partial charge in [-0.05, 0) is 16.7 Å². The van der Waals surface area contributed by atoms with E-state index in [1.165, 1.54) is 0 Å². The molecular formula is C24H24N3O3S3Sb. The zero-order valence-corrected chi connectivity index (χ0v) is 23.2. The molecule has 3 aromatic rings. The maximum Gasteiger partial charge on any atom is 3.00 e. The molecule has 0 aromatic heterocycles. The van der Waals surface area contributed by atoms with Gasteiger partial charge in [0.25, 0.3) is 0 Å². The van der Waals surface area contributed by atoms with Crippen LogP contribution >= 0.6 is 0 Å². The minimum atomic E-state index is -0.408. The SMILES string of the molecule is O=C([S-])NCc1ccccc1.O=C([S-])NCc1ccccc1.O=C([S-])NCc1ccccc1.[Sb+3]. The van der Waals surface area contributed by atoms with Gasteiger partial charge in [0.15, 0.2) is 0 Å². The molecule has 3 amide bonds. The third-order valence-corrected chi connectivity index (χ3v) is 4.27. The zero-order chi connectivity index (χ0) is 24.3. The summed E-state index contributed by atoms with van der Waals surface area (Å²) in [5, 5.41) is 6.39. The van der Waals surface area contributed by atoms with E-state index in [0.29, 0.717) is 19.6 Å². The summed E-state index contributed by atoms with van der Waals surface area (Å²) in [4.78, 5) is 31.0. The number of rotatable bonds is 6. The summed E-state index contributed by atoms with van der Waals surface area (Å²) in [5.41, 5.74) is 3.18. The summed E-state index contributed by atoms with van der Waals surface area (Å²) in [6.07, 6.45) is 0. The number of benzene rings is 3. The average molecular weight is 620 g/mol. The zero-order valence-electron chi connectivity index (χ0n) is 18.2. The molecule has 0 saturated carbocycles. The van der Waals surface area contributed by atoms with Crippen molar-refractivity contribution in [2.75, 3.05) is 0 Å². The van der Waals surface area contributed by atoms with Gasteiger partial charge in [-0.2, -0.15) is 0 Å². The Labute approximate surface area is 234 Å². The molecule has 176 valence electrons. The topological polar surface area (TPSA) is 87.3 Å². The van der Waals surface area contributed by atoms with E-state index in [0.717, 1.165) is 16.7 Å². The Balaban J connectivity index is 0.000000473. The summed E-state index contributed by atoms with van der Waals surface area (Å²) in [5.74, 6) is 0. The molecule has 0 atom stereocenters. The van der Waals surface area contributed by atoms with Crippen LogP contribution in [0.5, 0.6) is 0 Å². The van der Waals surface area contributed by atoms with E-state index >= 15 is 0 Å². The molecule has 0 aliphatic heterocycles. The van der Waals surface area contributed by atoms with E-state index in [9.17, 15) is 14.4 Å². The Bertz CT molecular complexity index is 839. The van der Waals surface area contributed by atoms with Crippen LogP contribution in [0, 0.1) is 0 Å². The molecule has 34 heavy (non-hydrogen) atoms. The molecule has 0 fully saturated rings. The van der Waals surface area contributed by atoms with Crippen LogP contribution in [0.4, 0.5) is 14.4 Å². The quantitative estimate of drug-likeness (QED) is 0.286. The number of carbonyl (C=O) groups is 3. The van der Waals surface area contributed by atoms with Crippen LogP contribution in [-0.4, -0.2) is 40.1 Å². The Morgan fingerprint density at radius 2 is 0.676 bits per heavy atom. The normalized spacial score (nSPS) is 8.82. The number of hydrogen-bond acceptors (Lipinski definition) is 6. The molecule has 6 nitrogen and oxygen atoms in total. The van der Waals surface area contributed by atoms with Crippen molar-refractivity contribution >= 4 is 78.0 Å².